The molecule has 0 unspecified atom stereocenters. The number of hydrogen-bond acceptors (Lipinski definition) is 4. The van der Waals surface area contributed by atoms with E-state index >= 15 is 0 Å². The van der Waals surface area contributed by atoms with Crippen LogP contribution in [0.25, 0.3) is 17.0 Å². The summed E-state index contributed by atoms with van der Waals surface area (Å²) in [4.78, 5) is 19.4. The van der Waals surface area contributed by atoms with E-state index in [2.05, 4.69) is 45.1 Å². The fraction of sp³-hybridized carbons (Fsp3) is 0.346. The van der Waals surface area contributed by atoms with Gasteiger partial charge in [0, 0.05) is 49.6 Å². The zero-order chi connectivity index (χ0) is 21.0. The third kappa shape index (κ3) is 4.52. The van der Waals surface area contributed by atoms with Crippen LogP contribution >= 0.6 is 0 Å². The van der Waals surface area contributed by atoms with Crippen molar-refractivity contribution in [3.05, 3.63) is 76.1 Å². The number of fused-ring (bicyclic) bond motifs is 2. The molecule has 0 amide bonds. The molecule has 5 nitrogen and oxygen atoms in total. The molecule has 1 aliphatic carbocycles. The lowest BCUT2D eigenvalue weighted by molar-refractivity contribution is 0.238. The SMILES string of the molecule is O=c1ccc2ccc(OCCCCN3CCN(c4cccc5c4C=CC5)CC3)cc2[nH]1. The van der Waals surface area contributed by atoms with Crippen LogP contribution in [-0.4, -0.2) is 49.2 Å². The maximum Gasteiger partial charge on any atom is 0.248 e. The molecule has 2 heterocycles. The minimum atomic E-state index is -0.0853. The topological polar surface area (TPSA) is 48.6 Å². The zero-order valence-corrected chi connectivity index (χ0v) is 17.8. The maximum absolute atomic E-state index is 11.5. The molecule has 0 bridgehead atoms. The number of H-pyrrole nitrogens is 1. The molecular weight excluding hydrogens is 386 g/mol. The average molecular weight is 416 g/mol. The molecule has 1 N–H and O–H groups in total. The predicted molar refractivity (Wildman–Crippen MR) is 127 cm³/mol. The smallest absolute Gasteiger partial charge is 0.248 e. The number of unbranched alkanes of at least 4 members (excludes halogenated alkanes) is 1. The molecule has 160 valence electrons. The van der Waals surface area contributed by atoms with Gasteiger partial charge in [-0.25, -0.2) is 0 Å². The van der Waals surface area contributed by atoms with Gasteiger partial charge in [-0.05, 0) is 61.0 Å². The summed E-state index contributed by atoms with van der Waals surface area (Å²) in [5.74, 6) is 0.812. The monoisotopic (exact) mass is 415 g/mol. The van der Waals surface area contributed by atoms with Crippen LogP contribution in [0.1, 0.15) is 24.0 Å². The normalized spacial score (nSPS) is 16.1. The lowest BCUT2D eigenvalue weighted by Crippen LogP contribution is -2.46. The molecule has 0 radical (unpaired) electrons. The summed E-state index contributed by atoms with van der Waals surface area (Å²) in [6, 6.07) is 15.9. The summed E-state index contributed by atoms with van der Waals surface area (Å²) >= 11 is 0. The first kappa shape index (κ1) is 19.9. The number of nitrogens with one attached hydrogen (secondary N) is 1. The second-order valence-corrected chi connectivity index (χ2v) is 8.41. The van der Waals surface area contributed by atoms with E-state index in [-0.39, 0.29) is 5.56 Å². The van der Waals surface area contributed by atoms with Crippen molar-refractivity contribution in [3.63, 3.8) is 0 Å². The molecule has 2 aromatic carbocycles. The fourth-order valence-electron chi connectivity index (χ4n) is 4.61. The minimum Gasteiger partial charge on any atom is -0.494 e. The third-order valence-electron chi connectivity index (χ3n) is 6.34. The highest BCUT2D eigenvalue weighted by Gasteiger charge is 2.20. The Bertz CT molecular complexity index is 1140. The molecule has 5 rings (SSSR count). The Balaban J connectivity index is 1.05. The Labute approximate surface area is 182 Å². The number of benzene rings is 2. The number of ether oxygens (including phenoxy) is 1. The molecule has 1 fully saturated rings. The standard InChI is InChI=1S/C26H29N3O2/c30-26-12-10-21-9-11-22(19-24(21)27-26)31-18-2-1-13-28-14-16-29(17-15-28)25-8-4-6-20-5-3-7-23(20)25/h3-4,6-12,19H,1-2,5,13-18H2,(H,27,30). The molecule has 0 spiro atoms. The van der Waals surface area contributed by atoms with E-state index in [1.54, 1.807) is 6.07 Å². The van der Waals surface area contributed by atoms with E-state index in [1.165, 1.54) is 16.8 Å². The van der Waals surface area contributed by atoms with Crippen LogP contribution in [0.5, 0.6) is 5.75 Å². The van der Waals surface area contributed by atoms with Crippen molar-refractivity contribution in [3.8, 4) is 5.75 Å². The molecule has 5 heteroatoms. The van der Waals surface area contributed by atoms with Crippen molar-refractivity contribution in [1.29, 1.82) is 0 Å². The van der Waals surface area contributed by atoms with Gasteiger partial charge in [-0.3, -0.25) is 9.69 Å². The summed E-state index contributed by atoms with van der Waals surface area (Å²) < 4.78 is 5.91. The first-order valence-corrected chi connectivity index (χ1v) is 11.3. The first-order valence-electron chi connectivity index (χ1n) is 11.3. The fourth-order valence-corrected chi connectivity index (χ4v) is 4.61. The van der Waals surface area contributed by atoms with E-state index in [9.17, 15) is 4.79 Å². The van der Waals surface area contributed by atoms with Crippen LogP contribution in [-0.2, 0) is 6.42 Å². The number of piperazine rings is 1. The second-order valence-electron chi connectivity index (χ2n) is 8.41. The molecule has 3 aromatic rings. The van der Waals surface area contributed by atoms with Gasteiger partial charge in [0.2, 0.25) is 5.56 Å². The number of anilines is 1. The predicted octanol–water partition coefficient (Wildman–Crippen LogP) is 4.08. The first-order chi connectivity index (χ1) is 15.3. The van der Waals surface area contributed by atoms with Crippen molar-refractivity contribution < 1.29 is 4.74 Å². The van der Waals surface area contributed by atoms with Gasteiger partial charge in [-0.2, -0.15) is 0 Å². The number of rotatable bonds is 7. The van der Waals surface area contributed by atoms with E-state index in [0.29, 0.717) is 6.61 Å². The van der Waals surface area contributed by atoms with Crippen LogP contribution in [0.15, 0.2) is 59.4 Å². The van der Waals surface area contributed by atoms with E-state index in [0.717, 1.165) is 68.6 Å². The Kier molecular flexibility index (Phi) is 5.76. The van der Waals surface area contributed by atoms with Gasteiger partial charge >= 0.3 is 0 Å². The Morgan fingerprint density at radius 2 is 1.84 bits per heavy atom. The Hall–Kier alpha value is -3.05. The summed E-state index contributed by atoms with van der Waals surface area (Å²) in [5, 5.41) is 1.02. The lowest BCUT2D eigenvalue weighted by Gasteiger charge is -2.37. The number of pyridine rings is 1. The van der Waals surface area contributed by atoms with Crippen molar-refractivity contribution in [1.82, 2.24) is 9.88 Å². The Morgan fingerprint density at radius 3 is 2.74 bits per heavy atom. The van der Waals surface area contributed by atoms with Gasteiger partial charge in [0.25, 0.3) is 0 Å². The number of nitrogens with zero attached hydrogens (tertiary/aromatic N) is 2. The van der Waals surface area contributed by atoms with Crippen LogP contribution in [0.4, 0.5) is 5.69 Å². The van der Waals surface area contributed by atoms with Gasteiger partial charge in [-0.15, -0.1) is 0 Å². The molecule has 1 aliphatic heterocycles. The minimum absolute atomic E-state index is 0.0853. The van der Waals surface area contributed by atoms with E-state index in [4.69, 9.17) is 4.74 Å². The largest absolute Gasteiger partial charge is 0.494 e. The number of aromatic nitrogens is 1. The van der Waals surface area contributed by atoms with E-state index < -0.39 is 0 Å². The lowest BCUT2D eigenvalue weighted by atomic mass is 10.1. The molecular formula is C26H29N3O2. The highest BCUT2D eigenvalue weighted by molar-refractivity contribution is 5.79. The highest BCUT2D eigenvalue weighted by atomic mass is 16.5. The van der Waals surface area contributed by atoms with Gasteiger partial charge < -0.3 is 14.6 Å². The van der Waals surface area contributed by atoms with Crippen LogP contribution in [0.3, 0.4) is 0 Å². The van der Waals surface area contributed by atoms with Crippen LogP contribution < -0.4 is 15.2 Å². The van der Waals surface area contributed by atoms with Crippen molar-refractivity contribution in [2.24, 2.45) is 0 Å². The average Bonchev–Trinajstić information content (AvgIpc) is 3.28. The maximum atomic E-state index is 11.5. The summed E-state index contributed by atoms with van der Waals surface area (Å²) in [6.07, 6.45) is 7.78. The summed E-state index contributed by atoms with van der Waals surface area (Å²) in [7, 11) is 0. The summed E-state index contributed by atoms with van der Waals surface area (Å²) in [6.45, 7) is 6.24. The summed E-state index contributed by atoms with van der Waals surface area (Å²) in [5.41, 5.74) is 5.01. The molecule has 0 saturated carbocycles. The number of aromatic amines is 1. The molecule has 2 aliphatic rings. The molecule has 1 aromatic heterocycles. The van der Waals surface area contributed by atoms with Gasteiger partial charge in [-0.1, -0.05) is 24.3 Å². The van der Waals surface area contributed by atoms with Gasteiger partial charge in [0.1, 0.15) is 5.75 Å². The zero-order valence-electron chi connectivity index (χ0n) is 17.8. The molecule has 0 atom stereocenters. The Morgan fingerprint density at radius 1 is 0.968 bits per heavy atom. The van der Waals surface area contributed by atoms with Crippen molar-refractivity contribution >= 4 is 22.7 Å². The number of hydrogen-bond donors (Lipinski definition) is 1. The third-order valence-corrected chi connectivity index (χ3v) is 6.34. The second kappa shape index (κ2) is 8.98. The quantitative estimate of drug-likeness (QED) is 0.591. The number of allylic oxidation sites excluding steroid dienone is 1. The van der Waals surface area contributed by atoms with Crippen LogP contribution in [0, 0.1) is 0 Å². The molecule has 1 saturated heterocycles. The van der Waals surface area contributed by atoms with E-state index in [1.807, 2.05) is 24.3 Å². The highest BCUT2D eigenvalue weighted by Crippen LogP contribution is 2.30. The molecule has 31 heavy (non-hydrogen) atoms. The van der Waals surface area contributed by atoms with Crippen molar-refractivity contribution in [2.75, 3.05) is 44.2 Å². The van der Waals surface area contributed by atoms with Crippen LogP contribution in [0.2, 0.25) is 0 Å². The van der Waals surface area contributed by atoms with Gasteiger partial charge in [0.05, 0.1) is 12.1 Å². The van der Waals surface area contributed by atoms with Crippen molar-refractivity contribution in [2.45, 2.75) is 19.3 Å². The van der Waals surface area contributed by atoms with Gasteiger partial charge in [0.15, 0.2) is 0 Å².